The second-order valence-electron chi connectivity index (χ2n) is 5.87. The first kappa shape index (κ1) is 22.4. The molecule has 0 fully saturated rings. The average molecular weight is 386 g/mol. The Balaban J connectivity index is 2.61. The third-order valence-corrected chi connectivity index (χ3v) is 5.89. The van der Waals surface area contributed by atoms with Crippen LogP contribution in [0.15, 0.2) is 35.2 Å². The lowest BCUT2D eigenvalue weighted by Gasteiger charge is -2.24. The first-order valence-electron chi connectivity index (χ1n) is 8.96. The van der Waals surface area contributed by atoms with Gasteiger partial charge in [0.25, 0.3) is 0 Å². The third kappa shape index (κ3) is 7.72. The van der Waals surface area contributed by atoms with E-state index in [1.807, 2.05) is 0 Å². The normalized spacial score (nSPS) is 11.5. The van der Waals surface area contributed by atoms with E-state index in [1.165, 1.54) is 4.90 Å². The summed E-state index contributed by atoms with van der Waals surface area (Å²) in [5, 5.41) is 2.86. The molecule has 0 atom stereocenters. The number of urea groups is 1. The number of nitrogens with zero attached hydrogens (tertiary/aromatic N) is 2. The van der Waals surface area contributed by atoms with E-state index >= 15 is 0 Å². The number of sulfone groups is 1. The summed E-state index contributed by atoms with van der Waals surface area (Å²) in [6.07, 6.45) is 0. The monoisotopic (exact) mass is 385 g/mol. The maximum atomic E-state index is 12.4. The summed E-state index contributed by atoms with van der Waals surface area (Å²) >= 11 is 0. The molecule has 7 nitrogen and oxygen atoms in total. The third-order valence-electron chi connectivity index (χ3n) is 4.18. The van der Waals surface area contributed by atoms with Crippen LogP contribution in [0.2, 0.25) is 0 Å². The van der Waals surface area contributed by atoms with Crippen molar-refractivity contribution >= 4 is 15.9 Å². The van der Waals surface area contributed by atoms with E-state index in [2.05, 4.69) is 24.1 Å². The summed E-state index contributed by atoms with van der Waals surface area (Å²) in [5.41, 5.74) is 0. The van der Waals surface area contributed by atoms with Gasteiger partial charge in [-0.05, 0) is 25.2 Å². The van der Waals surface area contributed by atoms with Gasteiger partial charge in [0.15, 0.2) is 9.84 Å². The highest BCUT2D eigenvalue weighted by atomic mass is 32.2. The summed E-state index contributed by atoms with van der Waals surface area (Å²) in [4.78, 5) is 16.4. The second-order valence-corrected chi connectivity index (χ2v) is 7.98. The lowest BCUT2D eigenvalue weighted by atomic mass is 10.4. The van der Waals surface area contributed by atoms with Gasteiger partial charge in [0, 0.05) is 33.3 Å². The van der Waals surface area contributed by atoms with E-state index < -0.39 is 9.84 Å². The van der Waals surface area contributed by atoms with Crippen LogP contribution in [0.4, 0.5) is 4.79 Å². The Morgan fingerprint density at radius 2 is 1.73 bits per heavy atom. The zero-order valence-corrected chi connectivity index (χ0v) is 16.8. The van der Waals surface area contributed by atoms with Gasteiger partial charge in [-0.3, -0.25) is 0 Å². The first-order valence-corrected chi connectivity index (χ1v) is 10.6. The van der Waals surface area contributed by atoms with Crippen LogP contribution in [-0.2, 0) is 14.6 Å². The Hall–Kier alpha value is -1.64. The minimum atomic E-state index is -3.43. The Labute approximate surface area is 157 Å². The maximum Gasteiger partial charge on any atom is 0.317 e. The van der Waals surface area contributed by atoms with E-state index in [0.29, 0.717) is 19.7 Å². The number of rotatable bonds is 12. The molecule has 1 aromatic rings. The summed E-state index contributed by atoms with van der Waals surface area (Å²) in [6.45, 7) is 8.11. The topological polar surface area (TPSA) is 79.0 Å². The molecule has 0 aliphatic carbocycles. The van der Waals surface area contributed by atoms with Crippen molar-refractivity contribution in [3.05, 3.63) is 30.3 Å². The molecule has 0 bridgehead atoms. The van der Waals surface area contributed by atoms with Gasteiger partial charge in [0.1, 0.15) is 0 Å². The minimum Gasteiger partial charge on any atom is -0.383 e. The number of amides is 2. The largest absolute Gasteiger partial charge is 0.383 e. The van der Waals surface area contributed by atoms with Gasteiger partial charge in [0.05, 0.1) is 17.3 Å². The van der Waals surface area contributed by atoms with Crippen molar-refractivity contribution in [2.24, 2.45) is 0 Å². The van der Waals surface area contributed by atoms with Gasteiger partial charge >= 0.3 is 6.03 Å². The van der Waals surface area contributed by atoms with Crippen LogP contribution in [0.5, 0.6) is 0 Å². The van der Waals surface area contributed by atoms with E-state index in [-0.39, 0.29) is 23.2 Å². The van der Waals surface area contributed by atoms with Gasteiger partial charge in [-0.2, -0.15) is 0 Å². The fraction of sp³-hybridized carbons (Fsp3) is 0.611. The quantitative estimate of drug-likeness (QED) is 0.589. The summed E-state index contributed by atoms with van der Waals surface area (Å²) in [6, 6.07) is 8.02. The molecule has 0 radical (unpaired) electrons. The molecule has 148 valence electrons. The molecule has 8 heteroatoms. The van der Waals surface area contributed by atoms with Crippen LogP contribution < -0.4 is 5.32 Å². The van der Waals surface area contributed by atoms with Crippen LogP contribution in [0, 0.1) is 0 Å². The molecule has 0 saturated heterocycles. The van der Waals surface area contributed by atoms with E-state index in [1.54, 1.807) is 37.4 Å². The van der Waals surface area contributed by atoms with Crippen molar-refractivity contribution in [2.45, 2.75) is 18.7 Å². The Bertz CT molecular complexity index is 619. The van der Waals surface area contributed by atoms with E-state index in [4.69, 9.17) is 4.74 Å². The second kappa shape index (κ2) is 11.9. The molecule has 0 spiro atoms. The predicted molar refractivity (Wildman–Crippen MR) is 103 cm³/mol. The molecule has 1 N–H and O–H groups in total. The molecule has 0 saturated carbocycles. The highest BCUT2D eigenvalue weighted by Crippen LogP contribution is 2.10. The predicted octanol–water partition coefficient (Wildman–Crippen LogP) is 1.46. The molecule has 0 aliphatic rings. The smallest absolute Gasteiger partial charge is 0.317 e. The van der Waals surface area contributed by atoms with Gasteiger partial charge < -0.3 is 19.9 Å². The molecule has 2 amide bonds. The van der Waals surface area contributed by atoms with E-state index in [0.717, 1.165) is 19.6 Å². The number of carbonyl (C=O) groups is 1. The molecule has 0 aliphatic heterocycles. The molecule has 0 heterocycles. The summed E-state index contributed by atoms with van der Waals surface area (Å²) in [7, 11) is -1.87. The van der Waals surface area contributed by atoms with Crippen LogP contribution >= 0.6 is 0 Å². The minimum absolute atomic E-state index is 0.121. The molecule has 26 heavy (non-hydrogen) atoms. The Morgan fingerprint density at radius 1 is 1.08 bits per heavy atom. The van der Waals surface area contributed by atoms with Crippen molar-refractivity contribution in [2.75, 3.05) is 58.7 Å². The van der Waals surface area contributed by atoms with Crippen LogP contribution in [0.3, 0.4) is 0 Å². The SMILES string of the molecule is CCN(CC)CCNC(=O)N(CCOC)CCS(=O)(=O)c1ccccc1. The fourth-order valence-corrected chi connectivity index (χ4v) is 3.73. The summed E-state index contributed by atoms with van der Waals surface area (Å²) in [5.74, 6) is -0.121. The number of nitrogens with one attached hydrogen (secondary N) is 1. The van der Waals surface area contributed by atoms with Gasteiger partial charge in [-0.15, -0.1) is 0 Å². The lowest BCUT2D eigenvalue weighted by molar-refractivity contribution is 0.151. The molecular weight excluding hydrogens is 354 g/mol. The van der Waals surface area contributed by atoms with E-state index in [9.17, 15) is 13.2 Å². The summed E-state index contributed by atoms with van der Waals surface area (Å²) < 4.78 is 29.9. The van der Waals surface area contributed by atoms with Crippen molar-refractivity contribution in [1.29, 1.82) is 0 Å². The number of ether oxygens (including phenoxy) is 1. The van der Waals surface area contributed by atoms with Crippen molar-refractivity contribution in [3.63, 3.8) is 0 Å². The van der Waals surface area contributed by atoms with Crippen molar-refractivity contribution < 1.29 is 17.9 Å². The lowest BCUT2D eigenvalue weighted by Crippen LogP contribution is -2.46. The standard InChI is InChI=1S/C18H31N3O4S/c1-4-20(5-2)12-11-19-18(22)21(13-15-25-3)14-16-26(23,24)17-9-7-6-8-10-17/h6-10H,4-5,11-16H2,1-3H3,(H,19,22). The van der Waals surface area contributed by atoms with Crippen molar-refractivity contribution in [3.8, 4) is 0 Å². The fourth-order valence-electron chi connectivity index (χ4n) is 2.47. The average Bonchev–Trinajstić information content (AvgIpc) is 2.66. The molecule has 1 rings (SSSR count). The van der Waals surface area contributed by atoms with Gasteiger partial charge in [0.2, 0.25) is 0 Å². The first-order chi connectivity index (χ1) is 12.4. The number of benzene rings is 1. The van der Waals surface area contributed by atoms with Gasteiger partial charge in [-0.1, -0.05) is 32.0 Å². The zero-order valence-electron chi connectivity index (χ0n) is 16.0. The molecular formula is C18H31N3O4S. The molecule has 0 aromatic heterocycles. The Morgan fingerprint density at radius 3 is 2.31 bits per heavy atom. The zero-order chi connectivity index (χ0) is 19.4. The number of methoxy groups -OCH3 is 1. The highest BCUT2D eigenvalue weighted by molar-refractivity contribution is 7.91. The van der Waals surface area contributed by atoms with Crippen LogP contribution in [-0.4, -0.2) is 83.0 Å². The molecule has 0 unspecified atom stereocenters. The molecule has 1 aromatic carbocycles. The Kier molecular flexibility index (Phi) is 10.2. The number of hydrogen-bond donors (Lipinski definition) is 1. The van der Waals surface area contributed by atoms with Gasteiger partial charge in [-0.25, -0.2) is 13.2 Å². The van der Waals surface area contributed by atoms with Crippen LogP contribution in [0.1, 0.15) is 13.8 Å². The number of hydrogen-bond acceptors (Lipinski definition) is 5. The number of likely N-dealkylation sites (N-methyl/N-ethyl adjacent to an activating group) is 1. The highest BCUT2D eigenvalue weighted by Gasteiger charge is 2.19. The number of carbonyl (C=O) groups excluding carboxylic acids is 1. The van der Waals surface area contributed by atoms with Crippen LogP contribution in [0.25, 0.3) is 0 Å². The maximum absolute atomic E-state index is 12.4. The van der Waals surface area contributed by atoms with Crippen molar-refractivity contribution in [1.82, 2.24) is 15.1 Å².